The van der Waals surface area contributed by atoms with Gasteiger partial charge in [-0.3, -0.25) is 4.79 Å². The van der Waals surface area contributed by atoms with Gasteiger partial charge in [-0.15, -0.1) is 11.3 Å². The van der Waals surface area contributed by atoms with Crippen molar-refractivity contribution in [2.24, 2.45) is 0 Å². The average molecular weight is 311 g/mol. The van der Waals surface area contributed by atoms with Crippen molar-refractivity contribution in [3.63, 3.8) is 0 Å². The molecule has 1 aromatic carbocycles. The van der Waals surface area contributed by atoms with E-state index in [1.165, 1.54) is 11.3 Å². The van der Waals surface area contributed by atoms with Gasteiger partial charge in [0.1, 0.15) is 0 Å². The Bertz CT molecular complexity index is 762. The summed E-state index contributed by atoms with van der Waals surface area (Å²) in [5, 5.41) is 5.78. The Labute approximate surface area is 133 Å². The van der Waals surface area contributed by atoms with Crippen molar-refractivity contribution in [2.45, 2.75) is 19.8 Å². The molecule has 0 unspecified atom stereocenters. The van der Waals surface area contributed by atoms with Gasteiger partial charge >= 0.3 is 0 Å². The highest BCUT2D eigenvalue weighted by molar-refractivity contribution is 7.12. The van der Waals surface area contributed by atoms with E-state index in [1.54, 1.807) is 0 Å². The van der Waals surface area contributed by atoms with E-state index in [-0.39, 0.29) is 12.3 Å². The van der Waals surface area contributed by atoms with Gasteiger partial charge in [-0.25, -0.2) is 4.98 Å². The highest BCUT2D eigenvalue weighted by atomic mass is 32.1. The summed E-state index contributed by atoms with van der Waals surface area (Å²) in [6.07, 6.45) is 5.07. The van der Waals surface area contributed by atoms with E-state index in [2.05, 4.69) is 17.2 Å². The third kappa shape index (κ3) is 3.26. The Kier molecular flexibility index (Phi) is 4.34. The highest BCUT2D eigenvalue weighted by Crippen LogP contribution is 2.18. The first-order chi connectivity index (χ1) is 10.8. The van der Waals surface area contributed by atoms with E-state index in [4.69, 9.17) is 0 Å². The SMILES string of the molecule is CCc1ccccc1NC(=O)Cc1csc(-n2cccc2)n1. The molecule has 2 aromatic heterocycles. The normalized spacial score (nSPS) is 10.6. The molecule has 4 nitrogen and oxygen atoms in total. The predicted molar refractivity (Wildman–Crippen MR) is 89.6 cm³/mol. The van der Waals surface area contributed by atoms with E-state index in [9.17, 15) is 4.79 Å². The largest absolute Gasteiger partial charge is 0.325 e. The number of aryl methyl sites for hydroxylation is 1. The number of carbonyl (C=O) groups excluding carboxylic acids is 1. The number of rotatable bonds is 5. The average Bonchev–Trinajstić information content (AvgIpc) is 3.18. The molecule has 0 aliphatic carbocycles. The molecule has 2 heterocycles. The number of benzene rings is 1. The monoisotopic (exact) mass is 311 g/mol. The summed E-state index contributed by atoms with van der Waals surface area (Å²) in [5.74, 6) is -0.0368. The number of aromatic nitrogens is 2. The summed E-state index contributed by atoms with van der Waals surface area (Å²) in [6.45, 7) is 2.08. The van der Waals surface area contributed by atoms with Crippen LogP contribution in [0.1, 0.15) is 18.2 Å². The van der Waals surface area contributed by atoms with E-state index >= 15 is 0 Å². The number of anilines is 1. The highest BCUT2D eigenvalue weighted by Gasteiger charge is 2.10. The van der Waals surface area contributed by atoms with Crippen LogP contribution in [0.25, 0.3) is 5.13 Å². The molecular formula is C17H17N3OS. The van der Waals surface area contributed by atoms with Crippen molar-refractivity contribution in [1.82, 2.24) is 9.55 Å². The molecule has 0 aliphatic rings. The van der Waals surface area contributed by atoms with Crippen LogP contribution in [0.15, 0.2) is 54.2 Å². The second kappa shape index (κ2) is 6.58. The van der Waals surface area contributed by atoms with Gasteiger partial charge < -0.3 is 9.88 Å². The van der Waals surface area contributed by atoms with Crippen LogP contribution in [0.2, 0.25) is 0 Å². The number of para-hydroxylation sites is 1. The molecule has 0 fully saturated rings. The fraction of sp³-hybridized carbons (Fsp3) is 0.176. The fourth-order valence-electron chi connectivity index (χ4n) is 2.27. The van der Waals surface area contributed by atoms with Crippen LogP contribution in [0.5, 0.6) is 0 Å². The van der Waals surface area contributed by atoms with Crippen molar-refractivity contribution in [2.75, 3.05) is 5.32 Å². The predicted octanol–water partition coefficient (Wildman–Crippen LogP) is 3.68. The molecule has 3 aromatic rings. The molecule has 0 saturated heterocycles. The Morgan fingerprint density at radius 1 is 1.23 bits per heavy atom. The van der Waals surface area contributed by atoms with Crippen LogP contribution in [0, 0.1) is 0 Å². The van der Waals surface area contributed by atoms with Crippen LogP contribution < -0.4 is 5.32 Å². The van der Waals surface area contributed by atoms with Gasteiger partial charge in [-0.05, 0) is 30.2 Å². The lowest BCUT2D eigenvalue weighted by Crippen LogP contribution is -2.15. The van der Waals surface area contributed by atoms with Crippen LogP contribution in [-0.4, -0.2) is 15.5 Å². The van der Waals surface area contributed by atoms with Gasteiger partial charge in [0.05, 0.1) is 12.1 Å². The number of nitrogens with one attached hydrogen (secondary N) is 1. The summed E-state index contributed by atoms with van der Waals surface area (Å²) in [6, 6.07) is 11.8. The molecular weight excluding hydrogens is 294 g/mol. The topological polar surface area (TPSA) is 46.9 Å². The Morgan fingerprint density at radius 3 is 2.77 bits per heavy atom. The van der Waals surface area contributed by atoms with Crippen molar-refractivity contribution >= 4 is 22.9 Å². The molecule has 112 valence electrons. The molecule has 0 atom stereocenters. The summed E-state index contributed by atoms with van der Waals surface area (Å²) in [4.78, 5) is 16.7. The molecule has 0 saturated carbocycles. The zero-order chi connectivity index (χ0) is 15.4. The zero-order valence-electron chi connectivity index (χ0n) is 12.3. The van der Waals surface area contributed by atoms with E-state index in [0.717, 1.165) is 28.5 Å². The molecule has 22 heavy (non-hydrogen) atoms. The first-order valence-corrected chi connectivity index (χ1v) is 8.09. The molecule has 0 aliphatic heterocycles. The Balaban J connectivity index is 1.67. The molecule has 1 amide bonds. The lowest BCUT2D eigenvalue weighted by molar-refractivity contribution is -0.115. The lowest BCUT2D eigenvalue weighted by atomic mass is 10.1. The second-order valence-electron chi connectivity index (χ2n) is 4.95. The molecule has 0 spiro atoms. The minimum Gasteiger partial charge on any atom is -0.325 e. The summed E-state index contributed by atoms with van der Waals surface area (Å²) in [7, 11) is 0. The van der Waals surface area contributed by atoms with Crippen LogP contribution in [-0.2, 0) is 17.6 Å². The number of amides is 1. The quantitative estimate of drug-likeness (QED) is 0.781. The standard InChI is InChI=1S/C17H17N3OS/c1-2-13-7-3-4-8-15(13)19-16(21)11-14-12-22-17(18-14)20-9-5-6-10-20/h3-10,12H,2,11H2,1H3,(H,19,21). The Hall–Kier alpha value is -2.40. The van der Waals surface area contributed by atoms with Crippen LogP contribution >= 0.6 is 11.3 Å². The molecule has 3 rings (SSSR count). The van der Waals surface area contributed by atoms with Gasteiger partial charge in [0.25, 0.3) is 0 Å². The van der Waals surface area contributed by atoms with E-state index in [1.807, 2.05) is 58.7 Å². The van der Waals surface area contributed by atoms with Gasteiger partial charge in [0.2, 0.25) is 5.91 Å². The maximum absolute atomic E-state index is 12.2. The van der Waals surface area contributed by atoms with Crippen molar-refractivity contribution in [3.8, 4) is 5.13 Å². The number of hydrogen-bond donors (Lipinski definition) is 1. The van der Waals surface area contributed by atoms with Crippen LogP contribution in [0.4, 0.5) is 5.69 Å². The zero-order valence-corrected chi connectivity index (χ0v) is 13.1. The summed E-state index contributed by atoms with van der Waals surface area (Å²) in [5.41, 5.74) is 2.82. The van der Waals surface area contributed by atoms with Gasteiger partial charge in [-0.1, -0.05) is 25.1 Å². The van der Waals surface area contributed by atoms with E-state index < -0.39 is 0 Å². The van der Waals surface area contributed by atoms with Crippen molar-refractivity contribution in [3.05, 3.63) is 65.4 Å². The minimum absolute atomic E-state index is 0.0368. The smallest absolute Gasteiger partial charge is 0.230 e. The third-order valence-electron chi connectivity index (χ3n) is 3.38. The van der Waals surface area contributed by atoms with Gasteiger partial charge in [0, 0.05) is 23.5 Å². The summed E-state index contributed by atoms with van der Waals surface area (Å²) < 4.78 is 1.94. The molecule has 0 bridgehead atoms. The number of hydrogen-bond acceptors (Lipinski definition) is 3. The molecule has 5 heteroatoms. The number of thiazole rings is 1. The maximum Gasteiger partial charge on any atom is 0.230 e. The minimum atomic E-state index is -0.0368. The van der Waals surface area contributed by atoms with Crippen molar-refractivity contribution < 1.29 is 4.79 Å². The maximum atomic E-state index is 12.2. The summed E-state index contributed by atoms with van der Waals surface area (Å²) >= 11 is 1.54. The first kappa shape index (κ1) is 14.5. The lowest BCUT2D eigenvalue weighted by Gasteiger charge is -2.08. The van der Waals surface area contributed by atoms with Crippen LogP contribution in [0.3, 0.4) is 0 Å². The van der Waals surface area contributed by atoms with Crippen molar-refractivity contribution in [1.29, 1.82) is 0 Å². The first-order valence-electron chi connectivity index (χ1n) is 7.21. The van der Waals surface area contributed by atoms with E-state index in [0.29, 0.717) is 0 Å². The number of nitrogens with zero attached hydrogens (tertiary/aromatic N) is 2. The van der Waals surface area contributed by atoms with Gasteiger partial charge in [0.15, 0.2) is 5.13 Å². The third-order valence-corrected chi connectivity index (χ3v) is 4.28. The second-order valence-corrected chi connectivity index (χ2v) is 5.78. The Morgan fingerprint density at radius 2 is 2.00 bits per heavy atom. The molecule has 1 N–H and O–H groups in total. The fourth-order valence-corrected chi connectivity index (χ4v) is 3.06. The molecule has 0 radical (unpaired) electrons. The number of carbonyl (C=O) groups is 1. The van der Waals surface area contributed by atoms with Gasteiger partial charge in [-0.2, -0.15) is 0 Å².